The molecule has 6 heteroatoms. The van der Waals surface area contributed by atoms with Crippen LogP contribution in [0.4, 0.5) is 15.8 Å². The van der Waals surface area contributed by atoms with Gasteiger partial charge in [-0.2, -0.15) is 9.49 Å². The molecule has 0 saturated heterocycles. The van der Waals surface area contributed by atoms with Crippen LogP contribution in [0.2, 0.25) is 0 Å². The molecule has 0 fully saturated rings. The number of nitro benzene ring substituents is 1. The largest absolute Gasteiger partial charge is 0.304 e. The van der Waals surface area contributed by atoms with Gasteiger partial charge in [0.1, 0.15) is 0 Å². The van der Waals surface area contributed by atoms with Gasteiger partial charge in [0, 0.05) is 6.07 Å². The SMILES string of the molecule is O=[N+]([O-])c1ccc(C=NNc2ccccc2)cc1F. The number of rotatable bonds is 4. The molecule has 5 nitrogen and oxygen atoms in total. The second-order valence-corrected chi connectivity index (χ2v) is 3.70. The van der Waals surface area contributed by atoms with Crippen molar-refractivity contribution in [2.24, 2.45) is 5.10 Å². The van der Waals surface area contributed by atoms with Gasteiger partial charge >= 0.3 is 5.69 Å². The van der Waals surface area contributed by atoms with E-state index < -0.39 is 16.4 Å². The van der Waals surface area contributed by atoms with Crippen LogP contribution in [0.5, 0.6) is 0 Å². The average molecular weight is 259 g/mol. The van der Waals surface area contributed by atoms with Crippen molar-refractivity contribution >= 4 is 17.6 Å². The van der Waals surface area contributed by atoms with E-state index >= 15 is 0 Å². The molecule has 0 atom stereocenters. The Kier molecular flexibility index (Phi) is 3.82. The molecule has 0 radical (unpaired) electrons. The van der Waals surface area contributed by atoms with Crippen LogP contribution in [0.15, 0.2) is 53.6 Å². The van der Waals surface area contributed by atoms with E-state index in [1.165, 1.54) is 12.3 Å². The molecular weight excluding hydrogens is 249 g/mol. The van der Waals surface area contributed by atoms with Crippen LogP contribution >= 0.6 is 0 Å². The highest BCUT2D eigenvalue weighted by Crippen LogP contribution is 2.17. The number of nitro groups is 1. The standard InChI is InChI=1S/C13H10FN3O2/c14-12-8-10(6-7-13(12)17(18)19)9-15-16-11-4-2-1-3-5-11/h1-9,16H. The zero-order valence-corrected chi connectivity index (χ0v) is 9.79. The van der Waals surface area contributed by atoms with Gasteiger partial charge in [-0.1, -0.05) is 18.2 Å². The zero-order chi connectivity index (χ0) is 13.7. The number of hydrogen-bond donors (Lipinski definition) is 1. The van der Waals surface area contributed by atoms with Crippen LogP contribution < -0.4 is 5.43 Å². The Balaban J connectivity index is 2.07. The summed E-state index contributed by atoms with van der Waals surface area (Å²) < 4.78 is 13.3. The van der Waals surface area contributed by atoms with Crippen LogP contribution in [0.1, 0.15) is 5.56 Å². The maximum atomic E-state index is 13.3. The lowest BCUT2D eigenvalue weighted by Gasteiger charge is -1.99. The molecule has 0 unspecified atom stereocenters. The van der Waals surface area contributed by atoms with Crippen molar-refractivity contribution in [1.82, 2.24) is 0 Å². The second-order valence-electron chi connectivity index (χ2n) is 3.70. The van der Waals surface area contributed by atoms with Gasteiger partial charge in [-0.3, -0.25) is 15.5 Å². The summed E-state index contributed by atoms with van der Waals surface area (Å²) in [5.41, 5.74) is 3.44. The van der Waals surface area contributed by atoms with E-state index in [2.05, 4.69) is 10.5 Å². The van der Waals surface area contributed by atoms with Gasteiger partial charge in [0.15, 0.2) is 0 Å². The summed E-state index contributed by atoms with van der Waals surface area (Å²) >= 11 is 0. The minimum absolute atomic E-state index is 0.437. The van der Waals surface area contributed by atoms with Gasteiger partial charge in [0.25, 0.3) is 0 Å². The third-order valence-electron chi connectivity index (χ3n) is 2.35. The zero-order valence-electron chi connectivity index (χ0n) is 9.79. The maximum Gasteiger partial charge on any atom is 0.304 e. The number of halogens is 1. The summed E-state index contributed by atoms with van der Waals surface area (Å²) in [7, 11) is 0. The van der Waals surface area contributed by atoms with Crippen molar-refractivity contribution in [2.75, 3.05) is 5.43 Å². The molecule has 2 aromatic rings. The normalized spacial score (nSPS) is 10.6. The molecule has 2 rings (SSSR count). The summed E-state index contributed by atoms with van der Waals surface area (Å²) in [6.07, 6.45) is 1.39. The number of hydrogen-bond acceptors (Lipinski definition) is 4. The van der Waals surface area contributed by atoms with E-state index in [0.29, 0.717) is 5.56 Å². The molecule has 0 amide bonds. The molecule has 0 bridgehead atoms. The Hall–Kier alpha value is -2.76. The Labute approximate surface area is 108 Å². The predicted molar refractivity (Wildman–Crippen MR) is 70.7 cm³/mol. The first-order chi connectivity index (χ1) is 9.16. The molecule has 0 aliphatic carbocycles. The molecular formula is C13H10FN3O2. The molecule has 0 aliphatic heterocycles. The van der Waals surface area contributed by atoms with Crippen molar-refractivity contribution in [2.45, 2.75) is 0 Å². The number of para-hydroxylation sites is 1. The number of nitrogens with zero attached hydrogens (tertiary/aromatic N) is 2. The van der Waals surface area contributed by atoms with Crippen molar-refractivity contribution in [3.8, 4) is 0 Å². The molecule has 1 N–H and O–H groups in total. The van der Waals surface area contributed by atoms with Gasteiger partial charge in [-0.15, -0.1) is 0 Å². The molecule has 96 valence electrons. The van der Waals surface area contributed by atoms with Crippen LogP contribution in [0.3, 0.4) is 0 Å². The lowest BCUT2D eigenvalue weighted by Crippen LogP contribution is -1.95. The topological polar surface area (TPSA) is 67.5 Å². The lowest BCUT2D eigenvalue weighted by molar-refractivity contribution is -0.387. The highest BCUT2D eigenvalue weighted by atomic mass is 19.1. The first-order valence-electron chi connectivity index (χ1n) is 5.45. The Morgan fingerprint density at radius 3 is 2.58 bits per heavy atom. The van der Waals surface area contributed by atoms with E-state index in [9.17, 15) is 14.5 Å². The monoisotopic (exact) mass is 259 g/mol. The highest BCUT2D eigenvalue weighted by Gasteiger charge is 2.12. The van der Waals surface area contributed by atoms with Crippen molar-refractivity contribution < 1.29 is 9.31 Å². The molecule has 0 spiro atoms. The number of hydrazone groups is 1. The summed E-state index contributed by atoms with van der Waals surface area (Å²) in [6, 6.07) is 12.8. The van der Waals surface area contributed by atoms with Crippen LogP contribution in [0.25, 0.3) is 0 Å². The first-order valence-corrected chi connectivity index (χ1v) is 5.45. The summed E-state index contributed by atoms with van der Waals surface area (Å²) in [5.74, 6) is -0.881. The fourth-order valence-corrected chi connectivity index (χ4v) is 1.45. The van der Waals surface area contributed by atoms with Crippen LogP contribution in [0, 0.1) is 15.9 Å². The minimum atomic E-state index is -0.881. The molecule has 2 aromatic carbocycles. The second kappa shape index (κ2) is 5.72. The smallest absolute Gasteiger partial charge is 0.279 e. The number of anilines is 1. The lowest BCUT2D eigenvalue weighted by atomic mass is 10.2. The first kappa shape index (κ1) is 12.7. The minimum Gasteiger partial charge on any atom is -0.279 e. The number of benzene rings is 2. The Bertz CT molecular complexity index is 615. The van der Waals surface area contributed by atoms with Gasteiger partial charge < -0.3 is 0 Å². The summed E-state index contributed by atoms with van der Waals surface area (Å²) in [5, 5.41) is 14.4. The van der Waals surface area contributed by atoms with Crippen molar-refractivity contribution in [3.05, 3.63) is 70.0 Å². The summed E-state index contributed by atoms with van der Waals surface area (Å²) in [4.78, 5) is 9.69. The summed E-state index contributed by atoms with van der Waals surface area (Å²) in [6.45, 7) is 0. The van der Waals surface area contributed by atoms with Gasteiger partial charge in [0.2, 0.25) is 5.82 Å². The molecule has 0 aromatic heterocycles. The van der Waals surface area contributed by atoms with Crippen molar-refractivity contribution in [3.63, 3.8) is 0 Å². The highest BCUT2D eigenvalue weighted by molar-refractivity contribution is 5.80. The fraction of sp³-hybridized carbons (Fsp3) is 0. The van der Waals surface area contributed by atoms with E-state index in [1.54, 1.807) is 0 Å². The van der Waals surface area contributed by atoms with Gasteiger partial charge in [0.05, 0.1) is 16.8 Å². The van der Waals surface area contributed by atoms with Gasteiger partial charge in [-0.25, -0.2) is 0 Å². The fourth-order valence-electron chi connectivity index (χ4n) is 1.45. The third-order valence-corrected chi connectivity index (χ3v) is 2.35. The average Bonchev–Trinajstić information content (AvgIpc) is 2.39. The van der Waals surface area contributed by atoms with Crippen LogP contribution in [-0.4, -0.2) is 11.1 Å². The van der Waals surface area contributed by atoms with E-state index in [1.807, 2.05) is 30.3 Å². The molecule has 0 heterocycles. The number of nitrogens with one attached hydrogen (secondary N) is 1. The molecule has 0 saturated carbocycles. The van der Waals surface area contributed by atoms with E-state index in [0.717, 1.165) is 17.8 Å². The Morgan fingerprint density at radius 1 is 1.21 bits per heavy atom. The van der Waals surface area contributed by atoms with E-state index in [4.69, 9.17) is 0 Å². The van der Waals surface area contributed by atoms with Gasteiger partial charge in [-0.05, 0) is 29.8 Å². The Morgan fingerprint density at radius 2 is 1.95 bits per heavy atom. The predicted octanol–water partition coefficient (Wildman–Crippen LogP) is 3.18. The van der Waals surface area contributed by atoms with Crippen LogP contribution in [-0.2, 0) is 0 Å². The maximum absolute atomic E-state index is 13.3. The third kappa shape index (κ3) is 3.35. The molecule has 0 aliphatic rings. The van der Waals surface area contributed by atoms with E-state index in [-0.39, 0.29) is 0 Å². The van der Waals surface area contributed by atoms with Crippen molar-refractivity contribution in [1.29, 1.82) is 0 Å². The quantitative estimate of drug-likeness (QED) is 0.521. The molecule has 19 heavy (non-hydrogen) atoms.